The van der Waals surface area contributed by atoms with Gasteiger partial charge in [-0.2, -0.15) is 0 Å². The molecule has 0 unspecified atom stereocenters. The van der Waals surface area contributed by atoms with Crippen LogP contribution in [0.1, 0.15) is 31.4 Å². The molecule has 3 heteroatoms. The van der Waals surface area contributed by atoms with Crippen molar-refractivity contribution in [3.05, 3.63) is 17.8 Å². The molecule has 0 spiro atoms. The Bertz CT molecular complexity index is 210. The zero-order valence-corrected chi connectivity index (χ0v) is 8.47. The first-order valence-corrected chi connectivity index (χ1v) is 4.95. The van der Waals surface area contributed by atoms with Crippen LogP contribution in [-0.4, -0.2) is 18.6 Å². The molecule has 0 aliphatic heterocycles. The third-order valence-electron chi connectivity index (χ3n) is 1.97. The molecule has 1 heterocycles. The average molecular weight is 182 g/mol. The molecule has 0 saturated carbocycles. The second kappa shape index (κ2) is 5.75. The maximum Gasteiger partial charge on any atom is 0.195 e. The summed E-state index contributed by atoms with van der Waals surface area (Å²) in [6.45, 7) is 3.10. The maximum atomic E-state index is 5.54. The van der Waals surface area contributed by atoms with Gasteiger partial charge in [0.1, 0.15) is 5.76 Å². The van der Waals surface area contributed by atoms with Gasteiger partial charge in [0.25, 0.3) is 0 Å². The van der Waals surface area contributed by atoms with Crippen molar-refractivity contribution in [1.82, 2.24) is 10.3 Å². The number of oxazole rings is 1. The van der Waals surface area contributed by atoms with E-state index in [1.807, 2.05) is 13.2 Å². The van der Waals surface area contributed by atoms with Crippen LogP contribution in [-0.2, 0) is 12.8 Å². The van der Waals surface area contributed by atoms with Crippen LogP contribution in [0.15, 0.2) is 10.6 Å². The molecule has 0 aliphatic carbocycles. The van der Waals surface area contributed by atoms with Gasteiger partial charge in [-0.05, 0) is 13.5 Å². The lowest BCUT2D eigenvalue weighted by atomic mass is 10.2. The van der Waals surface area contributed by atoms with Crippen LogP contribution < -0.4 is 5.32 Å². The van der Waals surface area contributed by atoms with Crippen molar-refractivity contribution in [1.29, 1.82) is 0 Å². The largest absolute Gasteiger partial charge is 0.446 e. The molecule has 1 aromatic heterocycles. The highest BCUT2D eigenvalue weighted by atomic mass is 16.4. The predicted octanol–water partition coefficient (Wildman–Crippen LogP) is 1.78. The normalized spacial score (nSPS) is 10.6. The molecule has 0 radical (unpaired) electrons. The van der Waals surface area contributed by atoms with Gasteiger partial charge in [0.05, 0.1) is 6.20 Å². The van der Waals surface area contributed by atoms with E-state index in [4.69, 9.17) is 4.42 Å². The van der Waals surface area contributed by atoms with E-state index in [1.54, 1.807) is 0 Å². The Morgan fingerprint density at radius 1 is 1.46 bits per heavy atom. The number of likely N-dealkylation sites (N-methyl/N-ethyl adjacent to an activating group) is 1. The van der Waals surface area contributed by atoms with Gasteiger partial charge in [-0.15, -0.1) is 0 Å². The quantitative estimate of drug-likeness (QED) is 0.728. The summed E-state index contributed by atoms with van der Waals surface area (Å²) < 4.78 is 5.54. The Labute approximate surface area is 79.5 Å². The highest BCUT2D eigenvalue weighted by Gasteiger charge is 2.01. The van der Waals surface area contributed by atoms with Gasteiger partial charge >= 0.3 is 0 Å². The zero-order valence-electron chi connectivity index (χ0n) is 8.47. The second-order valence-electron chi connectivity index (χ2n) is 3.18. The Balaban J connectivity index is 2.34. The highest BCUT2D eigenvalue weighted by molar-refractivity contribution is 4.94. The van der Waals surface area contributed by atoms with Gasteiger partial charge < -0.3 is 9.73 Å². The molecule has 0 aliphatic rings. The van der Waals surface area contributed by atoms with Crippen molar-refractivity contribution >= 4 is 0 Å². The average Bonchev–Trinajstić information content (AvgIpc) is 2.59. The molecule has 0 fully saturated rings. The number of rotatable bonds is 6. The zero-order chi connectivity index (χ0) is 9.52. The summed E-state index contributed by atoms with van der Waals surface area (Å²) in [6.07, 6.45) is 6.12. The summed E-state index contributed by atoms with van der Waals surface area (Å²) >= 11 is 0. The smallest absolute Gasteiger partial charge is 0.195 e. The lowest BCUT2D eigenvalue weighted by Gasteiger charge is -1.94. The molecule has 0 aromatic carbocycles. The fraction of sp³-hybridized carbons (Fsp3) is 0.700. The van der Waals surface area contributed by atoms with E-state index >= 15 is 0 Å². The molecule has 0 amide bonds. The summed E-state index contributed by atoms with van der Waals surface area (Å²) in [4.78, 5) is 4.20. The number of unbranched alkanes of at least 4 members (excludes halogenated alkanes) is 1. The minimum atomic E-state index is 0.848. The monoisotopic (exact) mass is 182 g/mol. The SMILES string of the molecule is CCCCc1cnc(CCNC)o1. The topological polar surface area (TPSA) is 38.1 Å². The third kappa shape index (κ3) is 3.59. The maximum absolute atomic E-state index is 5.54. The highest BCUT2D eigenvalue weighted by Crippen LogP contribution is 2.07. The third-order valence-corrected chi connectivity index (χ3v) is 1.97. The first kappa shape index (κ1) is 10.3. The molecular formula is C10H18N2O. The minimum absolute atomic E-state index is 0.848. The second-order valence-corrected chi connectivity index (χ2v) is 3.18. The van der Waals surface area contributed by atoms with Crippen LogP contribution >= 0.6 is 0 Å². The van der Waals surface area contributed by atoms with Gasteiger partial charge in [0.15, 0.2) is 5.89 Å². The first-order valence-electron chi connectivity index (χ1n) is 4.95. The van der Waals surface area contributed by atoms with Crippen molar-refractivity contribution in [2.75, 3.05) is 13.6 Å². The molecule has 0 atom stereocenters. The standard InChI is InChI=1S/C10H18N2O/c1-3-4-5-9-8-12-10(13-9)6-7-11-2/h8,11H,3-7H2,1-2H3. The van der Waals surface area contributed by atoms with E-state index < -0.39 is 0 Å². The molecule has 1 N–H and O–H groups in total. The summed E-state index contributed by atoms with van der Waals surface area (Å²) in [5.41, 5.74) is 0. The number of aromatic nitrogens is 1. The Hall–Kier alpha value is -0.830. The number of hydrogen-bond acceptors (Lipinski definition) is 3. The number of nitrogens with one attached hydrogen (secondary N) is 1. The molecule has 74 valence electrons. The summed E-state index contributed by atoms with van der Waals surface area (Å²) in [5.74, 6) is 1.87. The molecule has 13 heavy (non-hydrogen) atoms. The van der Waals surface area contributed by atoms with Crippen molar-refractivity contribution in [2.24, 2.45) is 0 Å². The van der Waals surface area contributed by atoms with Crippen molar-refractivity contribution in [3.63, 3.8) is 0 Å². The molecule has 1 aromatic rings. The number of aryl methyl sites for hydroxylation is 1. The van der Waals surface area contributed by atoms with Crippen LogP contribution in [0.4, 0.5) is 0 Å². The van der Waals surface area contributed by atoms with E-state index in [2.05, 4.69) is 17.2 Å². The minimum Gasteiger partial charge on any atom is -0.446 e. The summed E-state index contributed by atoms with van der Waals surface area (Å²) in [6, 6.07) is 0. The Kier molecular flexibility index (Phi) is 4.54. The molecule has 3 nitrogen and oxygen atoms in total. The fourth-order valence-electron chi connectivity index (χ4n) is 1.16. The molecule has 1 rings (SSSR count). The van der Waals surface area contributed by atoms with Gasteiger partial charge in [-0.25, -0.2) is 4.98 Å². The molecular weight excluding hydrogens is 164 g/mol. The van der Waals surface area contributed by atoms with Crippen LogP contribution in [0.2, 0.25) is 0 Å². The number of nitrogens with zero attached hydrogens (tertiary/aromatic N) is 1. The fourth-order valence-corrected chi connectivity index (χ4v) is 1.16. The predicted molar refractivity (Wildman–Crippen MR) is 52.7 cm³/mol. The summed E-state index contributed by atoms with van der Waals surface area (Å²) in [7, 11) is 1.93. The van der Waals surface area contributed by atoms with E-state index in [9.17, 15) is 0 Å². The lowest BCUT2D eigenvalue weighted by Crippen LogP contribution is -2.10. The molecule has 0 bridgehead atoms. The van der Waals surface area contributed by atoms with Crippen LogP contribution in [0.3, 0.4) is 0 Å². The van der Waals surface area contributed by atoms with E-state index in [-0.39, 0.29) is 0 Å². The van der Waals surface area contributed by atoms with E-state index in [0.717, 1.165) is 31.0 Å². The summed E-state index contributed by atoms with van der Waals surface area (Å²) in [5, 5.41) is 3.07. The van der Waals surface area contributed by atoms with Gasteiger partial charge in [-0.1, -0.05) is 13.3 Å². The Morgan fingerprint density at radius 2 is 2.31 bits per heavy atom. The van der Waals surface area contributed by atoms with Crippen LogP contribution in [0.25, 0.3) is 0 Å². The van der Waals surface area contributed by atoms with Crippen molar-refractivity contribution < 1.29 is 4.42 Å². The van der Waals surface area contributed by atoms with Crippen molar-refractivity contribution in [2.45, 2.75) is 32.6 Å². The van der Waals surface area contributed by atoms with Gasteiger partial charge in [0.2, 0.25) is 0 Å². The first-order chi connectivity index (χ1) is 6.36. The Morgan fingerprint density at radius 3 is 3.00 bits per heavy atom. The van der Waals surface area contributed by atoms with Crippen LogP contribution in [0, 0.1) is 0 Å². The lowest BCUT2D eigenvalue weighted by molar-refractivity contribution is 0.446. The number of hydrogen-bond donors (Lipinski definition) is 1. The van der Waals surface area contributed by atoms with Crippen LogP contribution in [0.5, 0.6) is 0 Å². The van der Waals surface area contributed by atoms with Gasteiger partial charge in [-0.3, -0.25) is 0 Å². The van der Waals surface area contributed by atoms with Gasteiger partial charge in [0, 0.05) is 19.4 Å². The van der Waals surface area contributed by atoms with E-state index in [1.165, 1.54) is 12.8 Å². The molecule has 0 saturated heterocycles. The van der Waals surface area contributed by atoms with Crippen molar-refractivity contribution in [3.8, 4) is 0 Å². The van der Waals surface area contributed by atoms with E-state index in [0.29, 0.717) is 0 Å².